The van der Waals surface area contributed by atoms with Crippen molar-refractivity contribution >= 4 is 17.6 Å². The first-order valence-corrected chi connectivity index (χ1v) is 14.2. The number of hydrogen-bond donors (Lipinski definition) is 1. The number of hydrogen-bond acceptors (Lipinski definition) is 4. The number of carbonyl (C=O) groups is 2. The SMILES string of the molecule is CC1CC(/C=C/[C@H]2[C@H]3CC[C@H](C)C[C@@H]3C[C@H]3C(=O)O[C@H](C)[C@H]23)=CC=C1c1cccc(F)c1.CCOC(N)=O.[HH]. The van der Waals surface area contributed by atoms with Crippen LogP contribution in [0.1, 0.15) is 66.8 Å². The molecule has 3 fully saturated rings. The lowest BCUT2D eigenvalue weighted by molar-refractivity contribution is -0.144. The number of ether oxygens (including phenoxy) is 2. The predicted molar refractivity (Wildman–Crippen MR) is 149 cm³/mol. The fourth-order valence-electron chi connectivity index (χ4n) is 7.29. The van der Waals surface area contributed by atoms with Gasteiger partial charge in [0.1, 0.15) is 11.9 Å². The lowest BCUT2D eigenvalue weighted by Crippen LogP contribution is -2.43. The highest BCUT2D eigenvalue weighted by atomic mass is 19.1. The Morgan fingerprint density at radius 3 is 2.66 bits per heavy atom. The number of fused-ring (bicyclic) bond motifs is 2. The average Bonchev–Trinajstić information content (AvgIpc) is 3.14. The summed E-state index contributed by atoms with van der Waals surface area (Å²) in [6, 6.07) is 6.90. The van der Waals surface area contributed by atoms with Crippen LogP contribution in [0.25, 0.3) is 5.57 Å². The van der Waals surface area contributed by atoms with Gasteiger partial charge in [0.05, 0.1) is 12.5 Å². The zero-order valence-electron chi connectivity index (χ0n) is 23.1. The van der Waals surface area contributed by atoms with Crippen LogP contribution in [-0.2, 0) is 14.3 Å². The van der Waals surface area contributed by atoms with Crippen LogP contribution in [-0.4, -0.2) is 24.8 Å². The molecule has 1 aliphatic heterocycles. The maximum absolute atomic E-state index is 13.7. The molecule has 2 saturated carbocycles. The number of esters is 1. The first-order valence-electron chi connectivity index (χ1n) is 14.2. The molecule has 0 spiro atoms. The minimum Gasteiger partial charge on any atom is -0.462 e. The van der Waals surface area contributed by atoms with Crippen LogP contribution >= 0.6 is 0 Å². The Morgan fingerprint density at radius 1 is 1.21 bits per heavy atom. The van der Waals surface area contributed by atoms with Gasteiger partial charge in [-0.3, -0.25) is 4.79 Å². The quantitative estimate of drug-likeness (QED) is 0.418. The average molecular weight is 526 g/mol. The van der Waals surface area contributed by atoms with Crippen molar-refractivity contribution in [3.05, 3.63) is 65.5 Å². The van der Waals surface area contributed by atoms with Crippen LogP contribution in [0.4, 0.5) is 9.18 Å². The van der Waals surface area contributed by atoms with E-state index in [-0.39, 0.29) is 25.2 Å². The number of halogens is 1. The molecule has 0 radical (unpaired) electrons. The summed E-state index contributed by atoms with van der Waals surface area (Å²) in [7, 11) is 0. The fraction of sp³-hybridized carbons (Fsp3) is 0.562. The van der Waals surface area contributed by atoms with Crippen molar-refractivity contribution in [3.8, 4) is 0 Å². The molecule has 1 heterocycles. The molecule has 1 saturated heterocycles. The van der Waals surface area contributed by atoms with Gasteiger partial charge in [-0.2, -0.15) is 0 Å². The summed E-state index contributed by atoms with van der Waals surface area (Å²) < 4.78 is 23.6. The van der Waals surface area contributed by atoms with Gasteiger partial charge in [0.15, 0.2) is 0 Å². The van der Waals surface area contributed by atoms with Gasteiger partial charge in [-0.1, -0.05) is 56.7 Å². The topological polar surface area (TPSA) is 78.6 Å². The van der Waals surface area contributed by atoms with Gasteiger partial charge in [-0.15, -0.1) is 0 Å². The number of allylic oxidation sites excluding steroid dienone is 6. The summed E-state index contributed by atoms with van der Waals surface area (Å²) in [5.74, 6) is 3.07. The van der Waals surface area contributed by atoms with Crippen LogP contribution in [0.15, 0.2) is 54.1 Å². The van der Waals surface area contributed by atoms with Crippen LogP contribution in [0, 0.1) is 47.2 Å². The van der Waals surface area contributed by atoms with Crippen LogP contribution < -0.4 is 5.73 Å². The second kappa shape index (κ2) is 12.3. The molecule has 6 heteroatoms. The number of carbonyl (C=O) groups excluding carboxylic acids is 2. The van der Waals surface area contributed by atoms with Crippen molar-refractivity contribution in [2.24, 2.45) is 47.2 Å². The Labute approximate surface area is 227 Å². The molecule has 208 valence electrons. The number of primary amides is 1. The van der Waals surface area contributed by atoms with E-state index < -0.39 is 6.09 Å². The molecule has 5 nitrogen and oxygen atoms in total. The summed E-state index contributed by atoms with van der Waals surface area (Å²) in [5, 5.41) is 0. The molecule has 0 bridgehead atoms. The highest BCUT2D eigenvalue weighted by molar-refractivity contribution is 5.75. The molecule has 3 aliphatic carbocycles. The van der Waals surface area contributed by atoms with Crippen molar-refractivity contribution in [3.63, 3.8) is 0 Å². The molecule has 4 aliphatic rings. The molecule has 38 heavy (non-hydrogen) atoms. The first-order chi connectivity index (χ1) is 18.2. The largest absolute Gasteiger partial charge is 0.462 e. The molecule has 8 atom stereocenters. The summed E-state index contributed by atoms with van der Waals surface area (Å²) >= 11 is 0. The maximum Gasteiger partial charge on any atom is 0.404 e. The van der Waals surface area contributed by atoms with Gasteiger partial charge in [0.2, 0.25) is 0 Å². The van der Waals surface area contributed by atoms with Gasteiger partial charge >= 0.3 is 12.1 Å². The van der Waals surface area contributed by atoms with E-state index in [4.69, 9.17) is 4.74 Å². The van der Waals surface area contributed by atoms with Crippen molar-refractivity contribution in [1.29, 1.82) is 0 Å². The normalized spacial score (nSPS) is 34.2. The number of rotatable bonds is 4. The molecule has 0 aromatic heterocycles. The van der Waals surface area contributed by atoms with Gasteiger partial charge in [0, 0.05) is 7.34 Å². The lowest BCUT2D eigenvalue weighted by atomic mass is 9.56. The summed E-state index contributed by atoms with van der Waals surface area (Å²) in [4.78, 5) is 22.2. The fourth-order valence-corrected chi connectivity index (χ4v) is 7.29. The van der Waals surface area contributed by atoms with E-state index in [0.29, 0.717) is 36.2 Å². The monoisotopic (exact) mass is 525 g/mol. The number of nitrogens with two attached hydrogens (primary N) is 1. The molecule has 1 unspecified atom stereocenters. The molecule has 2 N–H and O–H groups in total. The highest BCUT2D eigenvalue weighted by Crippen LogP contribution is 2.54. The summed E-state index contributed by atoms with van der Waals surface area (Å²) in [6.07, 6.45) is 14.2. The number of benzene rings is 1. The van der Waals surface area contributed by atoms with Crippen molar-refractivity contribution in [1.82, 2.24) is 0 Å². The number of amides is 1. The molecule has 1 aromatic carbocycles. The van der Waals surface area contributed by atoms with E-state index in [1.165, 1.54) is 36.5 Å². The third-order valence-electron chi connectivity index (χ3n) is 8.94. The van der Waals surface area contributed by atoms with E-state index >= 15 is 0 Å². The zero-order valence-corrected chi connectivity index (χ0v) is 23.1. The second-order valence-electron chi connectivity index (χ2n) is 11.6. The Morgan fingerprint density at radius 2 is 2.00 bits per heavy atom. The molecule has 5 rings (SSSR count). The lowest BCUT2D eigenvalue weighted by Gasteiger charge is -2.47. The van der Waals surface area contributed by atoms with Crippen molar-refractivity contribution < 1.29 is 24.9 Å². The smallest absolute Gasteiger partial charge is 0.404 e. The third-order valence-corrected chi connectivity index (χ3v) is 8.94. The van der Waals surface area contributed by atoms with E-state index in [2.05, 4.69) is 55.5 Å². The van der Waals surface area contributed by atoms with Gasteiger partial charge in [-0.05, 0) is 98.0 Å². The van der Waals surface area contributed by atoms with Gasteiger partial charge < -0.3 is 15.2 Å². The second-order valence-corrected chi connectivity index (χ2v) is 11.6. The minimum atomic E-state index is -0.711. The highest BCUT2D eigenvalue weighted by Gasteiger charge is 2.54. The standard InChI is InChI=1S/C29H35FO2.C3H7NO2.H2/c1-17-7-10-25-22(13-17)16-27-28(19(3)32-29(27)31)26(25)12-9-20-8-11-24(18(2)14-20)21-5-4-6-23(30)15-21;1-2-6-3(4)5;/h4-6,8-9,11-12,15,17-19,22,25-28H,7,10,13-14,16H2,1-3H3;2H2,1H3,(H2,4,5);1H/b12-9+;;/t17-,18?,19+,22+,25-,26-,27+,28+;;/m0../s1. The van der Waals surface area contributed by atoms with Gasteiger partial charge in [-0.25, -0.2) is 9.18 Å². The first kappa shape index (κ1) is 28.1. The molecular formula is C32H44FNO4. The van der Waals surface area contributed by atoms with E-state index in [9.17, 15) is 14.0 Å². The predicted octanol–water partition coefficient (Wildman–Crippen LogP) is 7.33. The maximum atomic E-state index is 13.7. The molecular weight excluding hydrogens is 481 g/mol. The van der Waals surface area contributed by atoms with Crippen LogP contribution in [0.3, 0.4) is 0 Å². The summed E-state index contributed by atoms with van der Waals surface area (Å²) in [6.45, 7) is 8.73. The molecule has 1 amide bonds. The summed E-state index contributed by atoms with van der Waals surface area (Å²) in [5.41, 5.74) is 8.03. The number of cyclic esters (lactones) is 1. The van der Waals surface area contributed by atoms with Gasteiger partial charge in [0.25, 0.3) is 0 Å². The molecule has 1 aromatic rings. The zero-order chi connectivity index (χ0) is 27.4. The Hall–Kier alpha value is -2.89. The Kier molecular flexibility index (Phi) is 9.11. The Balaban J connectivity index is 0.000000543. The minimum absolute atomic E-state index is 0. The Bertz CT molecular complexity index is 1120. The van der Waals surface area contributed by atoms with E-state index in [1.54, 1.807) is 19.1 Å². The third kappa shape index (κ3) is 6.39. The van der Waals surface area contributed by atoms with E-state index in [1.807, 2.05) is 6.07 Å². The van der Waals surface area contributed by atoms with Crippen molar-refractivity contribution in [2.45, 2.75) is 65.9 Å². The van der Waals surface area contributed by atoms with Crippen LogP contribution in [0.5, 0.6) is 0 Å². The van der Waals surface area contributed by atoms with Crippen LogP contribution in [0.2, 0.25) is 0 Å². The van der Waals surface area contributed by atoms with Crippen molar-refractivity contribution in [2.75, 3.05) is 6.61 Å². The van der Waals surface area contributed by atoms with E-state index in [0.717, 1.165) is 24.3 Å².